The summed E-state index contributed by atoms with van der Waals surface area (Å²) >= 11 is 0. The highest BCUT2D eigenvalue weighted by Crippen LogP contribution is 2.58. The Morgan fingerprint density at radius 2 is 2.25 bits per heavy atom. The summed E-state index contributed by atoms with van der Waals surface area (Å²) in [5, 5.41) is 4.26. The predicted octanol–water partition coefficient (Wildman–Crippen LogP) is 2.37. The van der Waals surface area contributed by atoms with Gasteiger partial charge in [0.2, 0.25) is 0 Å². The van der Waals surface area contributed by atoms with Crippen LogP contribution < -0.4 is 0 Å². The predicted molar refractivity (Wildman–Crippen MR) is 77.3 cm³/mol. The van der Waals surface area contributed by atoms with E-state index >= 15 is 0 Å². The SMILES string of the molecule is Cn1nccc1C1CN(CC2CC3(CCC3)C2)CCO1. The molecular formula is C16H25N3O. The highest BCUT2D eigenvalue weighted by Gasteiger charge is 2.48. The van der Waals surface area contributed by atoms with E-state index in [1.807, 2.05) is 17.9 Å². The van der Waals surface area contributed by atoms with Crippen molar-refractivity contribution in [2.24, 2.45) is 18.4 Å². The van der Waals surface area contributed by atoms with Gasteiger partial charge in [0.05, 0.1) is 12.3 Å². The zero-order valence-corrected chi connectivity index (χ0v) is 12.4. The first kappa shape index (κ1) is 12.8. The van der Waals surface area contributed by atoms with E-state index < -0.39 is 0 Å². The molecule has 0 N–H and O–H groups in total. The van der Waals surface area contributed by atoms with Crippen LogP contribution in [0.4, 0.5) is 0 Å². The number of hydrogen-bond acceptors (Lipinski definition) is 3. The fourth-order valence-corrected chi connectivity index (χ4v) is 4.49. The van der Waals surface area contributed by atoms with Gasteiger partial charge in [0.25, 0.3) is 0 Å². The molecule has 20 heavy (non-hydrogen) atoms. The van der Waals surface area contributed by atoms with Crippen molar-refractivity contribution in [2.45, 2.75) is 38.2 Å². The van der Waals surface area contributed by atoms with E-state index in [4.69, 9.17) is 4.74 Å². The van der Waals surface area contributed by atoms with Crippen LogP contribution in [0.1, 0.15) is 43.9 Å². The van der Waals surface area contributed by atoms with Crippen molar-refractivity contribution in [1.82, 2.24) is 14.7 Å². The van der Waals surface area contributed by atoms with Gasteiger partial charge in [-0.15, -0.1) is 0 Å². The van der Waals surface area contributed by atoms with Crippen LogP contribution in [-0.2, 0) is 11.8 Å². The Balaban J connectivity index is 1.32. The molecule has 2 aliphatic carbocycles. The van der Waals surface area contributed by atoms with Crippen LogP contribution in [0.15, 0.2) is 12.3 Å². The molecule has 4 heteroatoms. The van der Waals surface area contributed by atoms with Crippen LogP contribution in [0.2, 0.25) is 0 Å². The Hall–Kier alpha value is -0.870. The highest BCUT2D eigenvalue weighted by molar-refractivity contribution is 5.06. The first-order valence-electron chi connectivity index (χ1n) is 8.06. The molecule has 4 nitrogen and oxygen atoms in total. The van der Waals surface area contributed by atoms with Gasteiger partial charge in [-0.3, -0.25) is 9.58 Å². The second-order valence-corrected chi connectivity index (χ2v) is 7.13. The quantitative estimate of drug-likeness (QED) is 0.848. The third kappa shape index (κ3) is 2.19. The van der Waals surface area contributed by atoms with Crippen molar-refractivity contribution in [3.05, 3.63) is 18.0 Å². The number of nitrogens with zero attached hydrogens (tertiary/aromatic N) is 3. The maximum Gasteiger partial charge on any atom is 0.112 e. The van der Waals surface area contributed by atoms with E-state index in [1.54, 1.807) is 0 Å². The van der Waals surface area contributed by atoms with Crippen molar-refractivity contribution < 1.29 is 4.74 Å². The molecule has 1 aromatic rings. The van der Waals surface area contributed by atoms with Gasteiger partial charge >= 0.3 is 0 Å². The van der Waals surface area contributed by atoms with Gasteiger partial charge in [-0.1, -0.05) is 6.42 Å². The molecule has 110 valence electrons. The Labute approximate surface area is 121 Å². The molecule has 1 saturated heterocycles. The molecule has 1 spiro atoms. The summed E-state index contributed by atoms with van der Waals surface area (Å²) in [5.74, 6) is 0.945. The van der Waals surface area contributed by atoms with Crippen LogP contribution in [0.25, 0.3) is 0 Å². The minimum absolute atomic E-state index is 0.203. The third-order valence-electron chi connectivity index (χ3n) is 5.71. The van der Waals surface area contributed by atoms with Gasteiger partial charge in [-0.25, -0.2) is 0 Å². The summed E-state index contributed by atoms with van der Waals surface area (Å²) in [4.78, 5) is 2.61. The van der Waals surface area contributed by atoms with Crippen LogP contribution in [-0.4, -0.2) is 40.9 Å². The lowest BCUT2D eigenvalue weighted by Crippen LogP contribution is -2.49. The topological polar surface area (TPSA) is 30.3 Å². The molecule has 1 aromatic heterocycles. The maximum atomic E-state index is 5.94. The Morgan fingerprint density at radius 3 is 2.90 bits per heavy atom. The molecule has 0 amide bonds. The molecule has 3 fully saturated rings. The summed E-state index contributed by atoms with van der Waals surface area (Å²) in [6.45, 7) is 4.26. The number of aryl methyl sites for hydroxylation is 1. The van der Waals surface area contributed by atoms with Gasteiger partial charge in [0, 0.05) is 32.9 Å². The van der Waals surface area contributed by atoms with E-state index in [9.17, 15) is 0 Å². The zero-order chi connectivity index (χ0) is 13.6. The van der Waals surface area contributed by atoms with Crippen LogP contribution in [0.3, 0.4) is 0 Å². The smallest absolute Gasteiger partial charge is 0.112 e. The molecule has 1 unspecified atom stereocenters. The average molecular weight is 275 g/mol. The highest BCUT2D eigenvalue weighted by atomic mass is 16.5. The lowest BCUT2D eigenvalue weighted by molar-refractivity contribution is -0.0720. The van der Waals surface area contributed by atoms with Crippen molar-refractivity contribution in [1.29, 1.82) is 0 Å². The average Bonchev–Trinajstić information content (AvgIpc) is 2.78. The fourth-order valence-electron chi connectivity index (χ4n) is 4.49. The third-order valence-corrected chi connectivity index (χ3v) is 5.71. The molecule has 0 aromatic carbocycles. The number of rotatable bonds is 3. The van der Waals surface area contributed by atoms with Crippen LogP contribution >= 0.6 is 0 Å². The maximum absolute atomic E-state index is 5.94. The van der Waals surface area contributed by atoms with Crippen LogP contribution in [0, 0.1) is 11.3 Å². The van der Waals surface area contributed by atoms with E-state index in [0.717, 1.165) is 31.0 Å². The van der Waals surface area contributed by atoms with Gasteiger partial charge in [-0.2, -0.15) is 5.10 Å². The van der Waals surface area contributed by atoms with Crippen molar-refractivity contribution in [3.8, 4) is 0 Å². The van der Waals surface area contributed by atoms with Gasteiger partial charge in [0.15, 0.2) is 0 Å². The standard InChI is InChI=1S/C16H25N3O/c1-18-14(3-6-17-18)15-12-19(7-8-20-15)11-13-9-16(10-13)4-2-5-16/h3,6,13,15H,2,4-5,7-12H2,1H3. The fraction of sp³-hybridized carbons (Fsp3) is 0.812. The Morgan fingerprint density at radius 1 is 1.40 bits per heavy atom. The van der Waals surface area contributed by atoms with Crippen molar-refractivity contribution >= 4 is 0 Å². The second-order valence-electron chi connectivity index (χ2n) is 7.13. The van der Waals surface area contributed by atoms with Gasteiger partial charge < -0.3 is 4.74 Å². The van der Waals surface area contributed by atoms with Crippen molar-refractivity contribution in [2.75, 3.05) is 26.2 Å². The molecule has 0 bridgehead atoms. The minimum atomic E-state index is 0.203. The lowest BCUT2D eigenvalue weighted by atomic mass is 9.52. The summed E-state index contributed by atoms with van der Waals surface area (Å²) in [6, 6.07) is 2.08. The molecule has 2 heterocycles. The summed E-state index contributed by atoms with van der Waals surface area (Å²) < 4.78 is 7.88. The molecule has 4 rings (SSSR count). The van der Waals surface area contributed by atoms with Gasteiger partial charge in [0.1, 0.15) is 6.10 Å². The monoisotopic (exact) mass is 275 g/mol. The summed E-state index contributed by atoms with van der Waals surface area (Å²) in [5.41, 5.74) is 2.01. The summed E-state index contributed by atoms with van der Waals surface area (Å²) in [6.07, 6.45) is 9.53. The van der Waals surface area contributed by atoms with E-state index in [2.05, 4.69) is 16.1 Å². The number of hydrogen-bond donors (Lipinski definition) is 0. The second kappa shape index (κ2) is 4.85. The Bertz CT molecular complexity index is 472. The summed E-state index contributed by atoms with van der Waals surface area (Å²) in [7, 11) is 2.00. The molecular weight excluding hydrogens is 250 g/mol. The zero-order valence-electron chi connectivity index (χ0n) is 12.4. The molecule has 1 aliphatic heterocycles. The number of aromatic nitrogens is 2. The first-order chi connectivity index (χ1) is 9.74. The van der Waals surface area contributed by atoms with Crippen LogP contribution in [0.5, 0.6) is 0 Å². The molecule has 0 radical (unpaired) electrons. The molecule has 1 atom stereocenters. The Kier molecular flexibility index (Phi) is 3.11. The minimum Gasteiger partial charge on any atom is -0.369 e. The van der Waals surface area contributed by atoms with E-state index in [1.165, 1.54) is 44.3 Å². The normalized spacial score (nSPS) is 30.1. The van der Waals surface area contributed by atoms with E-state index in [-0.39, 0.29) is 6.10 Å². The van der Waals surface area contributed by atoms with Crippen molar-refractivity contribution in [3.63, 3.8) is 0 Å². The first-order valence-corrected chi connectivity index (χ1v) is 8.06. The number of morpholine rings is 1. The lowest BCUT2D eigenvalue weighted by Gasteiger charge is -2.55. The largest absolute Gasteiger partial charge is 0.369 e. The molecule has 2 saturated carbocycles. The van der Waals surface area contributed by atoms with E-state index in [0.29, 0.717) is 0 Å². The molecule has 3 aliphatic rings. The number of ether oxygens (including phenoxy) is 1. The van der Waals surface area contributed by atoms with Gasteiger partial charge in [-0.05, 0) is 43.1 Å².